The van der Waals surface area contributed by atoms with Crippen LogP contribution in [0.5, 0.6) is 0 Å². The van der Waals surface area contributed by atoms with Crippen LogP contribution in [0.25, 0.3) is 16.5 Å². The van der Waals surface area contributed by atoms with Gasteiger partial charge in [-0.1, -0.05) is 48.0 Å². The van der Waals surface area contributed by atoms with Crippen molar-refractivity contribution in [3.05, 3.63) is 87.1 Å². The molecule has 0 saturated carbocycles. The monoisotopic (exact) mass is 422 g/mol. The molecule has 4 rings (SSSR count). The lowest BCUT2D eigenvalue weighted by Crippen LogP contribution is -2.42. The van der Waals surface area contributed by atoms with Crippen molar-refractivity contribution in [3.8, 4) is 5.69 Å². The van der Waals surface area contributed by atoms with Gasteiger partial charge in [-0.2, -0.15) is 10.2 Å². The largest absolute Gasteiger partial charge is 0.290 e. The molecule has 0 bridgehead atoms. The first-order chi connectivity index (χ1) is 14.5. The highest BCUT2D eigenvalue weighted by molar-refractivity contribution is 6.33. The fraction of sp³-hybridized carbons (Fsp3) is 0.0500. The Kier molecular flexibility index (Phi) is 5.03. The van der Waals surface area contributed by atoms with Crippen LogP contribution in [0.1, 0.15) is 26.5 Å². The van der Waals surface area contributed by atoms with Crippen LogP contribution in [0.15, 0.2) is 59.4 Å². The summed E-state index contributed by atoms with van der Waals surface area (Å²) in [5, 5.41) is 11.1. The van der Waals surface area contributed by atoms with Crippen molar-refractivity contribution in [1.29, 1.82) is 0 Å². The number of hydrogen-bond donors (Lipinski definition) is 3. The van der Waals surface area contributed by atoms with Gasteiger partial charge < -0.3 is 0 Å². The number of nitrogens with zero attached hydrogens (tertiary/aromatic N) is 3. The number of aromatic amines is 1. The van der Waals surface area contributed by atoms with Crippen molar-refractivity contribution in [1.82, 2.24) is 30.8 Å². The maximum Gasteiger partial charge on any atom is 0.290 e. The lowest BCUT2D eigenvalue weighted by atomic mass is 10.1. The summed E-state index contributed by atoms with van der Waals surface area (Å²) in [4.78, 5) is 37.0. The zero-order valence-corrected chi connectivity index (χ0v) is 16.4. The number of benzene rings is 2. The molecular weight excluding hydrogens is 408 g/mol. The van der Waals surface area contributed by atoms with Crippen molar-refractivity contribution < 1.29 is 9.59 Å². The van der Waals surface area contributed by atoms with Crippen LogP contribution >= 0.6 is 11.6 Å². The van der Waals surface area contributed by atoms with Crippen molar-refractivity contribution in [2.75, 3.05) is 0 Å². The first kappa shape index (κ1) is 19.3. The number of hydrogen-bond acceptors (Lipinski definition) is 5. The van der Waals surface area contributed by atoms with Crippen molar-refractivity contribution in [2.45, 2.75) is 6.92 Å². The molecule has 3 N–H and O–H groups in total. The van der Waals surface area contributed by atoms with Gasteiger partial charge in [-0.15, -0.1) is 0 Å². The second-order valence-corrected chi connectivity index (χ2v) is 6.71. The third-order valence-corrected chi connectivity index (χ3v) is 4.78. The molecule has 2 aromatic heterocycles. The predicted octanol–water partition coefficient (Wildman–Crippen LogP) is 2.15. The van der Waals surface area contributed by atoms with Crippen LogP contribution in [-0.4, -0.2) is 31.8 Å². The molecule has 0 aliphatic rings. The maximum atomic E-state index is 12.6. The fourth-order valence-corrected chi connectivity index (χ4v) is 3.38. The normalized spacial score (nSPS) is 10.7. The summed E-state index contributed by atoms with van der Waals surface area (Å²) in [5.74, 6) is -1.33. The number of para-hydroxylation sites is 1. The summed E-state index contributed by atoms with van der Waals surface area (Å²) in [6.45, 7) is 1.64. The molecule has 0 aliphatic heterocycles. The van der Waals surface area contributed by atoms with Gasteiger partial charge in [0, 0.05) is 5.39 Å². The Morgan fingerprint density at radius 2 is 1.60 bits per heavy atom. The van der Waals surface area contributed by atoms with Crippen LogP contribution in [0, 0.1) is 6.92 Å². The Balaban J connectivity index is 1.56. The number of fused-ring (bicyclic) bond motifs is 1. The molecule has 0 aliphatic carbocycles. The van der Waals surface area contributed by atoms with E-state index in [4.69, 9.17) is 11.6 Å². The number of aromatic nitrogens is 4. The molecule has 0 radical (unpaired) electrons. The number of nitrogens with one attached hydrogen (secondary N) is 3. The van der Waals surface area contributed by atoms with Crippen molar-refractivity contribution in [2.24, 2.45) is 0 Å². The minimum absolute atomic E-state index is 0.0340. The minimum atomic E-state index is -0.694. The van der Waals surface area contributed by atoms with E-state index in [9.17, 15) is 14.4 Å². The summed E-state index contributed by atoms with van der Waals surface area (Å²) < 4.78 is 1.44. The summed E-state index contributed by atoms with van der Waals surface area (Å²) >= 11 is 6.36. The number of aryl methyl sites for hydroxylation is 1. The molecule has 2 amide bonds. The smallest absolute Gasteiger partial charge is 0.267 e. The molecule has 10 heteroatoms. The van der Waals surface area contributed by atoms with Gasteiger partial charge in [0.05, 0.1) is 16.8 Å². The minimum Gasteiger partial charge on any atom is -0.267 e. The first-order valence-corrected chi connectivity index (χ1v) is 9.24. The van der Waals surface area contributed by atoms with Gasteiger partial charge in [-0.3, -0.25) is 25.2 Å². The van der Waals surface area contributed by atoms with Gasteiger partial charge in [0.1, 0.15) is 10.7 Å². The standard InChI is InChI=1S/C20H15ClN6O3/c1-11-15(17(21)27(26-11)12-7-3-2-4-8-12)19(29)24-25-20(30)16-13-9-5-6-10-14(13)18(28)23-22-16/h2-10H,1H3,(H,23,28)(H,24,29)(H,25,30). The van der Waals surface area contributed by atoms with E-state index < -0.39 is 17.4 Å². The van der Waals surface area contributed by atoms with Gasteiger partial charge in [-0.25, -0.2) is 9.78 Å². The van der Waals surface area contributed by atoms with E-state index >= 15 is 0 Å². The van der Waals surface area contributed by atoms with E-state index in [0.29, 0.717) is 22.2 Å². The molecule has 9 nitrogen and oxygen atoms in total. The summed E-state index contributed by atoms with van der Waals surface area (Å²) in [6, 6.07) is 15.6. The molecule has 0 atom stereocenters. The van der Waals surface area contributed by atoms with E-state index in [1.807, 2.05) is 18.2 Å². The molecular formula is C20H15ClN6O3. The van der Waals surface area contributed by atoms with E-state index in [2.05, 4.69) is 26.1 Å². The van der Waals surface area contributed by atoms with Crippen molar-refractivity contribution >= 4 is 34.2 Å². The fourth-order valence-electron chi connectivity index (χ4n) is 3.02. The van der Waals surface area contributed by atoms with Crippen LogP contribution in [0.3, 0.4) is 0 Å². The average Bonchev–Trinajstić information content (AvgIpc) is 3.07. The second-order valence-electron chi connectivity index (χ2n) is 6.35. The Bertz CT molecular complexity index is 1330. The lowest BCUT2D eigenvalue weighted by molar-refractivity contribution is 0.0844. The molecule has 2 heterocycles. The zero-order valence-electron chi connectivity index (χ0n) is 15.6. The van der Waals surface area contributed by atoms with Gasteiger partial charge in [-0.05, 0) is 25.1 Å². The summed E-state index contributed by atoms with van der Waals surface area (Å²) in [6.07, 6.45) is 0. The Labute approximate surface area is 174 Å². The SMILES string of the molecule is Cc1nn(-c2ccccc2)c(Cl)c1C(=O)NNC(=O)c1n[nH]c(=O)c2ccccc12. The molecule has 30 heavy (non-hydrogen) atoms. The van der Waals surface area contributed by atoms with E-state index in [0.717, 1.165) is 0 Å². The van der Waals surface area contributed by atoms with Crippen LogP contribution in [-0.2, 0) is 0 Å². The third-order valence-electron chi connectivity index (χ3n) is 4.43. The van der Waals surface area contributed by atoms with Crippen molar-refractivity contribution in [3.63, 3.8) is 0 Å². The van der Waals surface area contributed by atoms with Crippen LogP contribution < -0.4 is 16.4 Å². The van der Waals surface area contributed by atoms with Gasteiger partial charge >= 0.3 is 0 Å². The second kappa shape index (κ2) is 7.80. The molecule has 150 valence electrons. The zero-order chi connectivity index (χ0) is 21.3. The maximum absolute atomic E-state index is 12.6. The summed E-state index contributed by atoms with van der Waals surface area (Å²) in [5.41, 5.74) is 5.37. The average molecular weight is 423 g/mol. The van der Waals surface area contributed by atoms with Crippen LogP contribution in [0.4, 0.5) is 0 Å². The molecule has 4 aromatic rings. The third kappa shape index (κ3) is 3.42. The highest BCUT2D eigenvalue weighted by Gasteiger charge is 2.22. The van der Waals surface area contributed by atoms with E-state index in [1.165, 1.54) is 4.68 Å². The highest BCUT2D eigenvalue weighted by Crippen LogP contribution is 2.23. The molecule has 0 saturated heterocycles. The lowest BCUT2D eigenvalue weighted by Gasteiger charge is -2.08. The quantitative estimate of drug-likeness (QED) is 0.437. The molecule has 0 fully saturated rings. The Hall–Kier alpha value is -3.98. The topological polar surface area (TPSA) is 122 Å². The Morgan fingerprint density at radius 1 is 0.967 bits per heavy atom. The van der Waals surface area contributed by atoms with E-state index in [-0.39, 0.29) is 16.4 Å². The number of carbonyl (C=O) groups excluding carboxylic acids is 2. The number of halogens is 1. The first-order valence-electron chi connectivity index (χ1n) is 8.86. The highest BCUT2D eigenvalue weighted by atomic mass is 35.5. The number of amides is 2. The number of H-pyrrole nitrogens is 1. The molecule has 0 unspecified atom stereocenters. The van der Waals surface area contributed by atoms with Gasteiger partial charge in [0.2, 0.25) is 0 Å². The molecule has 0 spiro atoms. The molecule has 2 aromatic carbocycles. The van der Waals surface area contributed by atoms with Gasteiger partial charge in [0.25, 0.3) is 17.4 Å². The number of hydrazine groups is 1. The summed E-state index contributed by atoms with van der Waals surface area (Å²) in [7, 11) is 0. The number of carbonyl (C=O) groups is 2. The predicted molar refractivity (Wildman–Crippen MR) is 111 cm³/mol. The van der Waals surface area contributed by atoms with E-state index in [1.54, 1.807) is 43.3 Å². The van der Waals surface area contributed by atoms with Gasteiger partial charge in [0.15, 0.2) is 5.69 Å². The van der Waals surface area contributed by atoms with Crippen LogP contribution in [0.2, 0.25) is 5.15 Å². The Morgan fingerprint density at radius 3 is 2.33 bits per heavy atom. The number of rotatable bonds is 3.